The molecule has 0 saturated carbocycles. The molecule has 4 nitrogen and oxygen atoms in total. The van der Waals surface area contributed by atoms with Gasteiger partial charge in [-0.1, -0.05) is 12.1 Å². The zero-order valence-corrected chi connectivity index (χ0v) is 12.3. The minimum Gasteiger partial charge on any atom is -0.464 e. The molecule has 5 heteroatoms. The second-order valence-electron chi connectivity index (χ2n) is 5.35. The van der Waals surface area contributed by atoms with E-state index in [4.69, 9.17) is 4.74 Å². The highest BCUT2D eigenvalue weighted by atomic mass is 19.1. The normalized spacial score (nSPS) is 17.5. The van der Waals surface area contributed by atoms with E-state index in [1.807, 2.05) is 24.3 Å². The molecule has 1 aromatic heterocycles. The molecular weight excluding hydrogens is 283 g/mol. The average Bonchev–Trinajstić information content (AvgIpc) is 3.04. The van der Waals surface area contributed by atoms with E-state index in [0.717, 1.165) is 30.8 Å². The van der Waals surface area contributed by atoms with E-state index in [2.05, 4.69) is 9.88 Å². The monoisotopic (exact) mass is 300 g/mol. The number of pyridine rings is 1. The van der Waals surface area contributed by atoms with Gasteiger partial charge in [0.1, 0.15) is 5.82 Å². The van der Waals surface area contributed by atoms with Crippen LogP contribution in [0, 0.1) is 5.82 Å². The molecule has 0 radical (unpaired) electrons. The number of hydrogen-bond acceptors (Lipinski definition) is 4. The topological polar surface area (TPSA) is 42.4 Å². The predicted octanol–water partition coefficient (Wildman–Crippen LogP) is 3.00. The molecule has 2 aromatic rings. The lowest BCUT2D eigenvalue weighted by molar-refractivity contribution is 0.0595. The molecular formula is C17H17FN2O2. The van der Waals surface area contributed by atoms with Crippen molar-refractivity contribution in [2.75, 3.05) is 25.1 Å². The number of hydrogen-bond donors (Lipinski definition) is 0. The molecule has 1 aromatic carbocycles. The summed E-state index contributed by atoms with van der Waals surface area (Å²) in [5, 5.41) is 0. The molecule has 1 fully saturated rings. The number of halogens is 1. The van der Waals surface area contributed by atoms with Gasteiger partial charge in [0.05, 0.1) is 12.8 Å². The lowest BCUT2D eigenvalue weighted by atomic mass is 9.99. The van der Waals surface area contributed by atoms with Gasteiger partial charge in [-0.2, -0.15) is 0 Å². The van der Waals surface area contributed by atoms with Crippen molar-refractivity contribution in [2.45, 2.75) is 12.3 Å². The predicted molar refractivity (Wildman–Crippen MR) is 81.5 cm³/mol. The number of rotatable bonds is 3. The molecule has 22 heavy (non-hydrogen) atoms. The summed E-state index contributed by atoms with van der Waals surface area (Å²) in [4.78, 5) is 18.1. The summed E-state index contributed by atoms with van der Waals surface area (Å²) in [6.45, 7) is 1.61. The minimum absolute atomic E-state index is 0.223. The van der Waals surface area contributed by atoms with Crippen LogP contribution >= 0.6 is 0 Å². The van der Waals surface area contributed by atoms with Crippen molar-refractivity contribution in [3.63, 3.8) is 0 Å². The highest BCUT2D eigenvalue weighted by molar-refractivity contribution is 5.93. The minimum atomic E-state index is -0.430. The first kappa shape index (κ1) is 14.5. The maximum absolute atomic E-state index is 13.0. The van der Waals surface area contributed by atoms with E-state index in [1.165, 1.54) is 19.2 Å². The van der Waals surface area contributed by atoms with Crippen LogP contribution in [0.3, 0.4) is 0 Å². The largest absolute Gasteiger partial charge is 0.464 e. The number of nitrogens with zero attached hydrogens (tertiary/aromatic N) is 2. The number of ether oxygens (including phenoxy) is 1. The summed E-state index contributed by atoms with van der Waals surface area (Å²) in [6.07, 6.45) is 2.55. The first-order chi connectivity index (χ1) is 10.7. The van der Waals surface area contributed by atoms with Crippen LogP contribution in [0.15, 0.2) is 42.6 Å². The van der Waals surface area contributed by atoms with Crippen LogP contribution in [0.1, 0.15) is 28.4 Å². The van der Waals surface area contributed by atoms with Crippen molar-refractivity contribution in [3.05, 3.63) is 59.7 Å². The smallest absolute Gasteiger partial charge is 0.358 e. The van der Waals surface area contributed by atoms with Gasteiger partial charge in [-0.05, 0) is 36.2 Å². The first-order valence-electron chi connectivity index (χ1n) is 7.23. The third kappa shape index (κ3) is 2.79. The molecule has 0 amide bonds. The quantitative estimate of drug-likeness (QED) is 0.817. The number of anilines is 1. The van der Waals surface area contributed by atoms with Gasteiger partial charge in [-0.3, -0.25) is 0 Å². The standard InChI is InChI=1S/C17H17FN2O2/c1-22-17(21)16-15(3-2-9-19-16)20-10-8-13(11-20)12-4-6-14(18)7-5-12/h2-7,9,13H,8,10-11H2,1H3. The Morgan fingerprint density at radius 1 is 1.32 bits per heavy atom. The van der Waals surface area contributed by atoms with Crippen LogP contribution in [0.4, 0.5) is 10.1 Å². The van der Waals surface area contributed by atoms with E-state index in [-0.39, 0.29) is 5.82 Å². The van der Waals surface area contributed by atoms with Gasteiger partial charge in [0, 0.05) is 25.2 Å². The Morgan fingerprint density at radius 2 is 2.09 bits per heavy atom. The van der Waals surface area contributed by atoms with Crippen LogP contribution in [-0.4, -0.2) is 31.2 Å². The summed E-state index contributed by atoms with van der Waals surface area (Å²) in [5.41, 5.74) is 2.25. The van der Waals surface area contributed by atoms with E-state index < -0.39 is 5.97 Å². The van der Waals surface area contributed by atoms with Crippen molar-refractivity contribution >= 4 is 11.7 Å². The van der Waals surface area contributed by atoms with Crippen LogP contribution < -0.4 is 4.90 Å². The molecule has 2 heterocycles. The third-order valence-electron chi connectivity index (χ3n) is 4.04. The van der Waals surface area contributed by atoms with Gasteiger partial charge < -0.3 is 9.64 Å². The summed E-state index contributed by atoms with van der Waals surface area (Å²) in [6, 6.07) is 10.3. The van der Waals surface area contributed by atoms with Gasteiger partial charge >= 0.3 is 5.97 Å². The molecule has 1 atom stereocenters. The number of aromatic nitrogens is 1. The van der Waals surface area contributed by atoms with E-state index in [1.54, 1.807) is 6.20 Å². The fourth-order valence-corrected chi connectivity index (χ4v) is 2.89. The first-order valence-corrected chi connectivity index (χ1v) is 7.23. The van der Waals surface area contributed by atoms with Gasteiger partial charge in [0.15, 0.2) is 5.69 Å². The maximum atomic E-state index is 13.0. The summed E-state index contributed by atoms with van der Waals surface area (Å²) >= 11 is 0. The zero-order chi connectivity index (χ0) is 15.5. The van der Waals surface area contributed by atoms with Crippen LogP contribution in [-0.2, 0) is 4.74 Å². The van der Waals surface area contributed by atoms with Crippen molar-refractivity contribution in [2.24, 2.45) is 0 Å². The van der Waals surface area contributed by atoms with E-state index in [9.17, 15) is 9.18 Å². The van der Waals surface area contributed by atoms with E-state index >= 15 is 0 Å². The zero-order valence-electron chi connectivity index (χ0n) is 12.3. The number of methoxy groups -OCH3 is 1. The summed E-state index contributed by atoms with van der Waals surface area (Å²) in [5.74, 6) is -0.328. The fourth-order valence-electron chi connectivity index (χ4n) is 2.89. The Bertz CT molecular complexity index is 673. The number of carbonyl (C=O) groups excluding carboxylic acids is 1. The Balaban J connectivity index is 1.81. The highest BCUT2D eigenvalue weighted by Gasteiger charge is 2.27. The molecule has 1 aliphatic heterocycles. The molecule has 114 valence electrons. The van der Waals surface area contributed by atoms with Crippen molar-refractivity contribution in [1.29, 1.82) is 0 Å². The molecule has 0 aliphatic carbocycles. The van der Waals surface area contributed by atoms with Crippen LogP contribution in [0.2, 0.25) is 0 Å². The highest BCUT2D eigenvalue weighted by Crippen LogP contribution is 2.32. The van der Waals surface area contributed by atoms with Crippen LogP contribution in [0.25, 0.3) is 0 Å². The van der Waals surface area contributed by atoms with Crippen molar-refractivity contribution < 1.29 is 13.9 Å². The summed E-state index contributed by atoms with van der Waals surface area (Å²) < 4.78 is 17.8. The molecule has 1 aliphatic rings. The van der Waals surface area contributed by atoms with Gasteiger partial charge in [-0.25, -0.2) is 14.2 Å². The van der Waals surface area contributed by atoms with Gasteiger partial charge in [0.25, 0.3) is 0 Å². The maximum Gasteiger partial charge on any atom is 0.358 e. The lowest BCUT2D eigenvalue weighted by Gasteiger charge is -2.20. The lowest BCUT2D eigenvalue weighted by Crippen LogP contribution is -2.23. The molecule has 0 bridgehead atoms. The summed E-state index contributed by atoms with van der Waals surface area (Å²) in [7, 11) is 1.35. The molecule has 0 N–H and O–H groups in total. The van der Waals surface area contributed by atoms with E-state index in [0.29, 0.717) is 11.6 Å². The SMILES string of the molecule is COC(=O)c1ncccc1N1CCC(c2ccc(F)cc2)C1. The van der Waals surface area contributed by atoms with Gasteiger partial charge in [0.2, 0.25) is 0 Å². The second kappa shape index (κ2) is 6.13. The molecule has 1 saturated heterocycles. The molecule has 3 rings (SSSR count). The number of esters is 1. The Labute approximate surface area is 128 Å². The fraction of sp³-hybridized carbons (Fsp3) is 0.294. The molecule has 0 spiro atoms. The molecule has 1 unspecified atom stereocenters. The van der Waals surface area contributed by atoms with Crippen LogP contribution in [0.5, 0.6) is 0 Å². The Kier molecular flexibility index (Phi) is 4.04. The van der Waals surface area contributed by atoms with Gasteiger partial charge in [-0.15, -0.1) is 0 Å². The third-order valence-corrected chi connectivity index (χ3v) is 4.04. The Morgan fingerprint density at radius 3 is 2.82 bits per heavy atom. The average molecular weight is 300 g/mol. The second-order valence-corrected chi connectivity index (χ2v) is 5.35. The van der Waals surface area contributed by atoms with Crippen molar-refractivity contribution in [3.8, 4) is 0 Å². The number of benzene rings is 1. The Hall–Kier alpha value is -2.43. The number of carbonyl (C=O) groups is 1. The van der Waals surface area contributed by atoms with Crippen molar-refractivity contribution in [1.82, 2.24) is 4.98 Å².